The van der Waals surface area contributed by atoms with Crippen molar-refractivity contribution < 1.29 is 19.0 Å². The summed E-state index contributed by atoms with van der Waals surface area (Å²) in [6.45, 7) is 2.29. The number of amides is 1. The molecule has 1 aliphatic heterocycles. The second-order valence-corrected chi connectivity index (χ2v) is 9.23. The number of carbonyl (C=O) groups excluding carboxylic acids is 1. The van der Waals surface area contributed by atoms with E-state index in [9.17, 15) is 4.79 Å². The molecule has 5 nitrogen and oxygen atoms in total. The highest BCUT2D eigenvalue weighted by atomic mass is 35.5. The number of methoxy groups -OCH3 is 2. The van der Waals surface area contributed by atoms with E-state index in [1.165, 1.54) is 0 Å². The minimum Gasteiger partial charge on any atom is -0.493 e. The van der Waals surface area contributed by atoms with Gasteiger partial charge in [-0.05, 0) is 65.2 Å². The Hall–Kier alpha value is -2.93. The predicted octanol–water partition coefficient (Wildman–Crippen LogP) is 5.80. The molecule has 3 aromatic carbocycles. The lowest BCUT2D eigenvalue weighted by Crippen LogP contribution is -2.39. The van der Waals surface area contributed by atoms with Crippen molar-refractivity contribution >= 4 is 34.8 Å². The molecule has 1 heterocycles. The normalized spacial score (nSPS) is 14.1. The Labute approximate surface area is 209 Å². The van der Waals surface area contributed by atoms with Gasteiger partial charge in [0.25, 0.3) is 0 Å². The second kappa shape index (κ2) is 11.5. The van der Waals surface area contributed by atoms with Crippen LogP contribution < -0.4 is 9.47 Å². The summed E-state index contributed by atoms with van der Waals surface area (Å²) in [6.07, 6.45) is 1.70. The van der Waals surface area contributed by atoms with Crippen molar-refractivity contribution in [1.82, 2.24) is 4.90 Å². The third kappa shape index (κ3) is 5.95. The summed E-state index contributed by atoms with van der Waals surface area (Å²) in [4.78, 5) is 17.1. The van der Waals surface area contributed by atoms with Gasteiger partial charge in [0.05, 0.1) is 27.4 Å². The van der Waals surface area contributed by atoms with Gasteiger partial charge in [-0.2, -0.15) is 0 Å². The molecule has 1 amide bonds. The monoisotopic (exact) mass is 495 g/mol. The fourth-order valence-electron chi connectivity index (χ4n) is 3.68. The average molecular weight is 496 g/mol. The molecule has 0 aliphatic carbocycles. The van der Waals surface area contributed by atoms with E-state index in [1.807, 2.05) is 59.5 Å². The SMILES string of the molecule is COc1ccc(C(=CC(=O)N2CCOCC2)c2ccc(Sc3ccc(Cl)cc3)cc2)cc1OC. The van der Waals surface area contributed by atoms with Gasteiger partial charge in [0.1, 0.15) is 0 Å². The van der Waals surface area contributed by atoms with Crippen LogP contribution in [0.5, 0.6) is 11.5 Å². The molecule has 1 aliphatic rings. The molecule has 0 N–H and O–H groups in total. The summed E-state index contributed by atoms with van der Waals surface area (Å²) in [5.74, 6) is 1.21. The molecule has 0 bridgehead atoms. The summed E-state index contributed by atoms with van der Waals surface area (Å²) in [5.41, 5.74) is 2.63. The third-order valence-corrected chi connectivity index (χ3v) is 6.77. The maximum atomic E-state index is 13.1. The van der Waals surface area contributed by atoms with Crippen LogP contribution in [0.25, 0.3) is 5.57 Å². The van der Waals surface area contributed by atoms with Crippen LogP contribution in [0.4, 0.5) is 0 Å². The fraction of sp³-hybridized carbons (Fsp3) is 0.222. The lowest BCUT2D eigenvalue weighted by Gasteiger charge is -2.26. The van der Waals surface area contributed by atoms with Crippen LogP contribution in [0.2, 0.25) is 5.02 Å². The number of nitrogens with zero attached hydrogens (tertiary/aromatic N) is 1. The zero-order chi connectivity index (χ0) is 23.9. The lowest BCUT2D eigenvalue weighted by atomic mass is 9.96. The van der Waals surface area contributed by atoms with E-state index in [-0.39, 0.29) is 5.91 Å². The zero-order valence-corrected chi connectivity index (χ0v) is 20.7. The first-order chi connectivity index (χ1) is 16.6. The highest BCUT2D eigenvalue weighted by Crippen LogP contribution is 2.35. The van der Waals surface area contributed by atoms with Crippen LogP contribution >= 0.6 is 23.4 Å². The maximum Gasteiger partial charge on any atom is 0.247 e. The van der Waals surface area contributed by atoms with Crippen LogP contribution in [0.1, 0.15) is 11.1 Å². The molecule has 0 radical (unpaired) electrons. The van der Waals surface area contributed by atoms with Crippen molar-refractivity contribution in [2.75, 3.05) is 40.5 Å². The lowest BCUT2D eigenvalue weighted by molar-refractivity contribution is -0.129. The molecule has 0 unspecified atom stereocenters. The highest BCUT2D eigenvalue weighted by molar-refractivity contribution is 7.99. The number of morpholine rings is 1. The number of rotatable bonds is 7. The van der Waals surface area contributed by atoms with E-state index >= 15 is 0 Å². The molecule has 0 atom stereocenters. The van der Waals surface area contributed by atoms with Gasteiger partial charge < -0.3 is 19.1 Å². The van der Waals surface area contributed by atoms with Gasteiger partial charge in [-0.25, -0.2) is 0 Å². The molecule has 0 spiro atoms. The molecule has 176 valence electrons. The smallest absolute Gasteiger partial charge is 0.247 e. The Morgan fingerprint density at radius 1 is 0.882 bits per heavy atom. The Morgan fingerprint density at radius 3 is 2.09 bits per heavy atom. The van der Waals surface area contributed by atoms with Crippen LogP contribution in [0, 0.1) is 0 Å². The van der Waals surface area contributed by atoms with E-state index in [2.05, 4.69) is 12.1 Å². The van der Waals surface area contributed by atoms with Crippen LogP contribution in [0.15, 0.2) is 82.6 Å². The molecule has 1 fully saturated rings. The Morgan fingerprint density at radius 2 is 1.47 bits per heavy atom. The Kier molecular flexibility index (Phi) is 8.16. The highest BCUT2D eigenvalue weighted by Gasteiger charge is 2.18. The molecule has 0 aromatic heterocycles. The Bertz CT molecular complexity index is 1160. The molecular weight excluding hydrogens is 470 g/mol. The van der Waals surface area contributed by atoms with E-state index in [4.69, 9.17) is 25.8 Å². The second-order valence-electron chi connectivity index (χ2n) is 7.65. The minimum atomic E-state index is -0.0345. The molecule has 4 rings (SSSR count). The van der Waals surface area contributed by atoms with Crippen molar-refractivity contribution in [3.05, 3.63) is 89.0 Å². The van der Waals surface area contributed by atoms with Crippen molar-refractivity contribution in [2.24, 2.45) is 0 Å². The molecule has 1 saturated heterocycles. The van der Waals surface area contributed by atoms with E-state index < -0.39 is 0 Å². The first-order valence-electron chi connectivity index (χ1n) is 10.9. The molecule has 7 heteroatoms. The fourth-order valence-corrected chi connectivity index (χ4v) is 4.62. The molecule has 0 saturated carbocycles. The standard InChI is InChI=1S/C27H26ClNO4S/c1-31-25-12-5-20(17-26(25)32-2)24(18-27(30)29-13-15-33-16-14-29)19-3-8-22(9-4-19)34-23-10-6-21(28)7-11-23/h3-12,17-18H,13-16H2,1-2H3. The topological polar surface area (TPSA) is 48.0 Å². The van der Waals surface area contributed by atoms with Crippen LogP contribution in [-0.2, 0) is 9.53 Å². The summed E-state index contributed by atoms with van der Waals surface area (Å²) in [7, 11) is 3.21. The first kappa shape index (κ1) is 24.2. The van der Waals surface area contributed by atoms with Gasteiger partial charge in [0.15, 0.2) is 11.5 Å². The summed E-state index contributed by atoms with van der Waals surface area (Å²) in [5, 5.41) is 0.717. The van der Waals surface area contributed by atoms with E-state index in [1.54, 1.807) is 32.1 Å². The number of benzene rings is 3. The van der Waals surface area contributed by atoms with Crippen molar-refractivity contribution in [1.29, 1.82) is 0 Å². The maximum absolute atomic E-state index is 13.1. The van der Waals surface area contributed by atoms with E-state index in [0.29, 0.717) is 42.8 Å². The van der Waals surface area contributed by atoms with Gasteiger partial charge in [-0.3, -0.25) is 4.79 Å². The number of carbonyl (C=O) groups is 1. The van der Waals surface area contributed by atoms with Crippen molar-refractivity contribution in [3.63, 3.8) is 0 Å². The van der Waals surface area contributed by atoms with E-state index in [0.717, 1.165) is 26.5 Å². The van der Waals surface area contributed by atoms with Gasteiger partial charge in [-0.15, -0.1) is 0 Å². The van der Waals surface area contributed by atoms with Gasteiger partial charge in [0, 0.05) is 34.0 Å². The van der Waals surface area contributed by atoms with Crippen molar-refractivity contribution in [3.8, 4) is 11.5 Å². The summed E-state index contributed by atoms with van der Waals surface area (Å²) in [6, 6.07) is 21.6. The van der Waals surface area contributed by atoms with Crippen LogP contribution in [-0.4, -0.2) is 51.3 Å². The van der Waals surface area contributed by atoms with Gasteiger partial charge >= 0.3 is 0 Å². The number of ether oxygens (including phenoxy) is 3. The zero-order valence-electron chi connectivity index (χ0n) is 19.1. The molecule has 3 aromatic rings. The quantitative estimate of drug-likeness (QED) is 0.388. The van der Waals surface area contributed by atoms with Crippen molar-refractivity contribution in [2.45, 2.75) is 9.79 Å². The first-order valence-corrected chi connectivity index (χ1v) is 12.1. The van der Waals surface area contributed by atoms with Gasteiger partial charge in [-0.1, -0.05) is 41.6 Å². The minimum absolute atomic E-state index is 0.0345. The third-order valence-electron chi connectivity index (χ3n) is 5.50. The number of hydrogen-bond donors (Lipinski definition) is 0. The summed E-state index contributed by atoms with van der Waals surface area (Å²) >= 11 is 7.65. The number of hydrogen-bond acceptors (Lipinski definition) is 5. The van der Waals surface area contributed by atoms with Gasteiger partial charge in [0.2, 0.25) is 5.91 Å². The van der Waals surface area contributed by atoms with Crippen LogP contribution in [0.3, 0.4) is 0 Å². The molecular formula is C27H26ClNO4S. The summed E-state index contributed by atoms with van der Waals surface area (Å²) < 4.78 is 16.3. The molecule has 34 heavy (non-hydrogen) atoms. The largest absolute Gasteiger partial charge is 0.493 e. The predicted molar refractivity (Wildman–Crippen MR) is 136 cm³/mol. The Balaban J connectivity index is 1.66. The average Bonchev–Trinajstić information content (AvgIpc) is 2.89. The number of halogens is 1.